The van der Waals surface area contributed by atoms with Crippen molar-refractivity contribution in [1.29, 1.82) is 0 Å². The third kappa shape index (κ3) is 4.13. The third-order valence-electron chi connectivity index (χ3n) is 4.42. The molecule has 0 radical (unpaired) electrons. The van der Waals surface area contributed by atoms with Crippen molar-refractivity contribution in [2.45, 2.75) is 0 Å². The minimum absolute atomic E-state index is 0.0994. The Labute approximate surface area is 181 Å². The summed E-state index contributed by atoms with van der Waals surface area (Å²) in [5.41, 5.74) is 0.713. The highest BCUT2D eigenvalue weighted by atomic mass is 79.9. The lowest BCUT2D eigenvalue weighted by Crippen LogP contribution is -2.15. The summed E-state index contributed by atoms with van der Waals surface area (Å²) in [4.78, 5) is 37.0. The van der Waals surface area contributed by atoms with Gasteiger partial charge in [-0.15, -0.1) is 0 Å². The van der Waals surface area contributed by atoms with Gasteiger partial charge in [0.25, 0.3) is 5.91 Å². The number of fused-ring (bicyclic) bond motifs is 1. The molecule has 3 aromatic carbocycles. The normalized spacial score (nSPS) is 10.4. The maximum Gasteiger partial charge on any atom is 0.337 e. The lowest BCUT2D eigenvalue weighted by atomic mass is 10.0. The first kappa shape index (κ1) is 21.3. The number of ether oxygens (including phenoxy) is 3. The minimum Gasteiger partial charge on any atom is -0.495 e. The van der Waals surface area contributed by atoms with Crippen LogP contribution in [0.25, 0.3) is 10.8 Å². The van der Waals surface area contributed by atoms with Gasteiger partial charge in [0, 0.05) is 5.69 Å². The summed E-state index contributed by atoms with van der Waals surface area (Å²) in [5, 5.41) is 4.44. The second-order valence-electron chi connectivity index (χ2n) is 6.23. The number of rotatable bonds is 5. The van der Waals surface area contributed by atoms with Crippen LogP contribution in [-0.4, -0.2) is 39.2 Å². The molecule has 1 N–H and O–H groups in total. The number of hydrogen-bond donors (Lipinski definition) is 1. The molecule has 0 saturated carbocycles. The number of halogens is 1. The molecule has 8 heteroatoms. The number of benzene rings is 3. The van der Waals surface area contributed by atoms with Crippen molar-refractivity contribution in [1.82, 2.24) is 0 Å². The summed E-state index contributed by atoms with van der Waals surface area (Å²) in [6.07, 6.45) is 0. The van der Waals surface area contributed by atoms with E-state index < -0.39 is 17.8 Å². The topological polar surface area (TPSA) is 90.9 Å². The molecule has 0 aliphatic heterocycles. The molecule has 0 saturated heterocycles. The van der Waals surface area contributed by atoms with E-state index in [4.69, 9.17) is 14.2 Å². The van der Waals surface area contributed by atoms with Gasteiger partial charge in [-0.25, -0.2) is 9.59 Å². The lowest BCUT2D eigenvalue weighted by Gasteiger charge is -2.14. The van der Waals surface area contributed by atoms with E-state index in [0.29, 0.717) is 10.2 Å². The first-order chi connectivity index (χ1) is 14.4. The number of carbonyl (C=O) groups excluding carboxylic acids is 3. The molecule has 3 rings (SSSR count). The van der Waals surface area contributed by atoms with Gasteiger partial charge in [0.1, 0.15) is 5.75 Å². The van der Waals surface area contributed by atoms with E-state index in [1.807, 2.05) is 24.3 Å². The van der Waals surface area contributed by atoms with Crippen molar-refractivity contribution < 1.29 is 28.6 Å². The predicted molar refractivity (Wildman–Crippen MR) is 115 cm³/mol. The minimum atomic E-state index is -0.651. The summed E-state index contributed by atoms with van der Waals surface area (Å²) >= 11 is 3.50. The second-order valence-corrected chi connectivity index (χ2v) is 7.02. The van der Waals surface area contributed by atoms with Crippen LogP contribution in [0.2, 0.25) is 0 Å². The summed E-state index contributed by atoms with van der Waals surface area (Å²) in [5.74, 6) is -1.41. The molecule has 30 heavy (non-hydrogen) atoms. The van der Waals surface area contributed by atoms with Crippen LogP contribution in [-0.2, 0) is 9.47 Å². The quantitative estimate of drug-likeness (QED) is 0.553. The summed E-state index contributed by atoms with van der Waals surface area (Å²) < 4.78 is 15.5. The van der Waals surface area contributed by atoms with Gasteiger partial charge in [0.05, 0.1) is 42.5 Å². The Morgan fingerprint density at radius 1 is 0.867 bits per heavy atom. The molecular formula is C22H18BrNO6. The van der Waals surface area contributed by atoms with Gasteiger partial charge in [-0.1, -0.05) is 24.3 Å². The summed E-state index contributed by atoms with van der Waals surface area (Å²) in [7, 11) is 3.92. The van der Waals surface area contributed by atoms with E-state index in [1.54, 1.807) is 6.07 Å². The predicted octanol–water partition coefficient (Wildman–Crippen LogP) is 4.44. The molecule has 0 fully saturated rings. The Balaban J connectivity index is 2.05. The molecule has 0 atom stereocenters. The maximum absolute atomic E-state index is 13.0. The number of amides is 1. The van der Waals surface area contributed by atoms with Crippen LogP contribution >= 0.6 is 15.9 Å². The molecule has 0 bridgehead atoms. The Hall–Kier alpha value is -3.39. The number of esters is 2. The van der Waals surface area contributed by atoms with Gasteiger partial charge < -0.3 is 19.5 Å². The van der Waals surface area contributed by atoms with Crippen LogP contribution in [0, 0.1) is 0 Å². The van der Waals surface area contributed by atoms with E-state index in [0.717, 1.165) is 10.8 Å². The molecule has 7 nitrogen and oxygen atoms in total. The molecule has 0 aromatic heterocycles. The van der Waals surface area contributed by atoms with Crippen molar-refractivity contribution in [2.75, 3.05) is 26.6 Å². The average molecular weight is 472 g/mol. The first-order valence-electron chi connectivity index (χ1n) is 8.78. The van der Waals surface area contributed by atoms with Crippen molar-refractivity contribution in [3.63, 3.8) is 0 Å². The number of carbonyl (C=O) groups is 3. The zero-order valence-corrected chi connectivity index (χ0v) is 18.0. The fourth-order valence-electron chi connectivity index (χ4n) is 3.02. The number of anilines is 1. The largest absolute Gasteiger partial charge is 0.495 e. The van der Waals surface area contributed by atoms with Crippen LogP contribution in [0.3, 0.4) is 0 Å². The van der Waals surface area contributed by atoms with Gasteiger partial charge in [-0.3, -0.25) is 4.79 Å². The van der Waals surface area contributed by atoms with Crippen LogP contribution in [0.1, 0.15) is 31.1 Å². The molecule has 0 spiro atoms. The Morgan fingerprint density at radius 3 is 2.03 bits per heavy atom. The van der Waals surface area contributed by atoms with Gasteiger partial charge in [0.2, 0.25) is 0 Å². The number of nitrogens with one attached hydrogen (secondary N) is 1. The van der Waals surface area contributed by atoms with Gasteiger partial charge >= 0.3 is 11.9 Å². The van der Waals surface area contributed by atoms with E-state index in [-0.39, 0.29) is 22.4 Å². The SMILES string of the molecule is COC(=O)c1cc(NC(=O)c2cc3ccccc3c(Br)c2OC)cc(C(=O)OC)c1. The molecule has 154 valence electrons. The van der Waals surface area contributed by atoms with Crippen LogP contribution in [0.4, 0.5) is 5.69 Å². The zero-order valence-electron chi connectivity index (χ0n) is 16.4. The summed E-state index contributed by atoms with van der Waals surface area (Å²) in [6.45, 7) is 0. The number of hydrogen-bond acceptors (Lipinski definition) is 6. The molecular weight excluding hydrogens is 454 g/mol. The molecule has 3 aromatic rings. The van der Waals surface area contributed by atoms with E-state index in [1.165, 1.54) is 39.5 Å². The monoisotopic (exact) mass is 471 g/mol. The number of methoxy groups -OCH3 is 3. The van der Waals surface area contributed by atoms with Crippen molar-refractivity contribution in [3.8, 4) is 5.75 Å². The average Bonchev–Trinajstić information content (AvgIpc) is 2.77. The fourth-order valence-corrected chi connectivity index (χ4v) is 3.76. The third-order valence-corrected chi connectivity index (χ3v) is 5.21. The second kappa shape index (κ2) is 8.96. The Morgan fingerprint density at radius 2 is 1.47 bits per heavy atom. The van der Waals surface area contributed by atoms with Gasteiger partial charge in [-0.05, 0) is 51.0 Å². The standard InChI is InChI=1S/C22H18BrNO6/c1-28-19-17(11-12-6-4-5-7-16(12)18(19)23)20(25)24-15-9-13(21(26)29-2)8-14(10-15)22(27)30-3/h4-11H,1-3H3,(H,24,25). The lowest BCUT2D eigenvalue weighted by molar-refractivity contribution is 0.0599. The molecule has 0 aliphatic carbocycles. The highest BCUT2D eigenvalue weighted by Crippen LogP contribution is 2.37. The van der Waals surface area contributed by atoms with Crippen LogP contribution in [0.5, 0.6) is 5.75 Å². The van der Waals surface area contributed by atoms with Crippen molar-refractivity contribution >= 4 is 50.2 Å². The molecule has 0 unspecified atom stereocenters. The molecule has 1 amide bonds. The van der Waals surface area contributed by atoms with Crippen molar-refractivity contribution in [3.05, 3.63) is 69.7 Å². The molecule has 0 heterocycles. The van der Waals surface area contributed by atoms with Crippen LogP contribution in [0.15, 0.2) is 53.0 Å². The van der Waals surface area contributed by atoms with Gasteiger partial charge in [0.15, 0.2) is 0 Å². The highest BCUT2D eigenvalue weighted by molar-refractivity contribution is 9.10. The summed E-state index contributed by atoms with van der Waals surface area (Å²) in [6, 6.07) is 13.4. The fraction of sp³-hybridized carbons (Fsp3) is 0.136. The molecule has 0 aliphatic rings. The Bertz CT molecular complexity index is 1120. The van der Waals surface area contributed by atoms with E-state index in [2.05, 4.69) is 21.2 Å². The maximum atomic E-state index is 13.0. The first-order valence-corrected chi connectivity index (χ1v) is 9.57. The Kier molecular flexibility index (Phi) is 6.37. The smallest absolute Gasteiger partial charge is 0.337 e. The van der Waals surface area contributed by atoms with E-state index >= 15 is 0 Å². The highest BCUT2D eigenvalue weighted by Gasteiger charge is 2.20. The van der Waals surface area contributed by atoms with Gasteiger partial charge in [-0.2, -0.15) is 0 Å². The van der Waals surface area contributed by atoms with Crippen molar-refractivity contribution in [2.24, 2.45) is 0 Å². The zero-order chi connectivity index (χ0) is 21.8. The van der Waals surface area contributed by atoms with Crippen LogP contribution < -0.4 is 10.1 Å². The van der Waals surface area contributed by atoms with E-state index in [9.17, 15) is 14.4 Å².